The molecule has 0 saturated carbocycles. The number of ether oxygens (including phenoxy) is 1. The number of β-amino-alcohol motifs (C(OH)–C–C–N with tert-alkyl or cyclic N) is 1. The molecule has 0 unspecified atom stereocenters. The van der Waals surface area contributed by atoms with E-state index in [1.165, 1.54) is 0 Å². The fraction of sp³-hybridized carbons (Fsp3) is 0.400. The van der Waals surface area contributed by atoms with Crippen molar-refractivity contribution in [2.75, 3.05) is 39.3 Å². The number of hydrogen-bond acceptors (Lipinski definition) is 9. The predicted octanol–water partition coefficient (Wildman–Crippen LogP) is 3.52. The Morgan fingerprint density at radius 3 is 2.68 bits per heavy atom. The van der Waals surface area contributed by atoms with Gasteiger partial charge in [0.15, 0.2) is 5.82 Å². The molecule has 0 amide bonds. The molecule has 2 aromatic carbocycles. The Balaban J connectivity index is 1.06. The normalized spacial score (nSPS) is 16.2. The van der Waals surface area contributed by atoms with Crippen molar-refractivity contribution < 1.29 is 14.4 Å². The third-order valence-electron chi connectivity index (χ3n) is 6.05. The standard InChI is InChI=1S/C25H29N5O3S/c1-17-5-3-4-6-21(17)25-27-24(28-33-25)15-30-11-9-29(10-12-30)14-19(31)16-32-20-7-8-23-22(13-20)26-18(2)34-23/h3-8,13,19,31H,9-12,14-16H2,1-2H3/t19-/m1/s1. The number of aliphatic hydroxyl groups is 1. The molecule has 1 N–H and O–H groups in total. The highest BCUT2D eigenvalue weighted by molar-refractivity contribution is 7.18. The van der Waals surface area contributed by atoms with Crippen LogP contribution in [-0.2, 0) is 6.54 Å². The Labute approximate surface area is 202 Å². The molecule has 0 bridgehead atoms. The van der Waals surface area contributed by atoms with Crippen LogP contribution in [0.15, 0.2) is 47.0 Å². The maximum atomic E-state index is 10.5. The zero-order valence-electron chi connectivity index (χ0n) is 19.5. The van der Waals surface area contributed by atoms with Gasteiger partial charge in [0, 0.05) is 44.4 Å². The van der Waals surface area contributed by atoms with E-state index in [0.29, 0.717) is 24.8 Å². The van der Waals surface area contributed by atoms with Gasteiger partial charge in [0.2, 0.25) is 0 Å². The van der Waals surface area contributed by atoms with E-state index < -0.39 is 6.10 Å². The molecule has 5 rings (SSSR count). The van der Waals surface area contributed by atoms with Crippen LogP contribution >= 0.6 is 11.3 Å². The number of aromatic nitrogens is 3. The fourth-order valence-electron chi connectivity index (χ4n) is 4.23. The number of fused-ring (bicyclic) bond motifs is 1. The van der Waals surface area contributed by atoms with E-state index in [2.05, 4.69) is 24.9 Å². The van der Waals surface area contributed by atoms with Gasteiger partial charge in [0.25, 0.3) is 5.89 Å². The van der Waals surface area contributed by atoms with Crippen LogP contribution in [0.25, 0.3) is 21.7 Å². The minimum Gasteiger partial charge on any atom is -0.491 e. The zero-order chi connectivity index (χ0) is 23.5. The predicted molar refractivity (Wildman–Crippen MR) is 132 cm³/mol. The van der Waals surface area contributed by atoms with Crippen molar-refractivity contribution in [1.29, 1.82) is 0 Å². The maximum Gasteiger partial charge on any atom is 0.258 e. The molecule has 1 saturated heterocycles. The summed E-state index contributed by atoms with van der Waals surface area (Å²) in [4.78, 5) is 13.7. The van der Waals surface area contributed by atoms with Crippen molar-refractivity contribution >= 4 is 21.6 Å². The minimum absolute atomic E-state index is 0.263. The number of aryl methyl sites for hydroxylation is 2. The van der Waals surface area contributed by atoms with Crippen molar-refractivity contribution in [3.63, 3.8) is 0 Å². The van der Waals surface area contributed by atoms with Crippen molar-refractivity contribution in [2.24, 2.45) is 0 Å². The molecule has 178 valence electrons. The van der Waals surface area contributed by atoms with Crippen LogP contribution in [-0.4, -0.2) is 75.5 Å². The second-order valence-corrected chi connectivity index (χ2v) is 9.97. The summed E-state index contributed by atoms with van der Waals surface area (Å²) in [5, 5.41) is 15.7. The van der Waals surface area contributed by atoms with Gasteiger partial charge in [-0.15, -0.1) is 11.3 Å². The number of rotatable bonds is 8. The average Bonchev–Trinajstić information content (AvgIpc) is 3.44. The van der Waals surface area contributed by atoms with Crippen LogP contribution < -0.4 is 4.74 Å². The summed E-state index contributed by atoms with van der Waals surface area (Å²) >= 11 is 1.67. The molecular formula is C25H29N5O3S. The first kappa shape index (κ1) is 22.9. The summed E-state index contributed by atoms with van der Waals surface area (Å²) < 4.78 is 12.5. The van der Waals surface area contributed by atoms with Gasteiger partial charge in [-0.05, 0) is 37.6 Å². The summed E-state index contributed by atoms with van der Waals surface area (Å²) in [5.74, 6) is 2.01. The zero-order valence-corrected chi connectivity index (χ0v) is 20.3. The van der Waals surface area contributed by atoms with E-state index in [9.17, 15) is 5.11 Å². The van der Waals surface area contributed by atoms with Gasteiger partial charge < -0.3 is 14.4 Å². The molecule has 1 fully saturated rings. The molecule has 0 radical (unpaired) electrons. The van der Waals surface area contributed by atoms with E-state index in [4.69, 9.17) is 9.26 Å². The highest BCUT2D eigenvalue weighted by Crippen LogP contribution is 2.25. The van der Waals surface area contributed by atoms with Gasteiger partial charge in [-0.25, -0.2) is 4.98 Å². The lowest BCUT2D eigenvalue weighted by Gasteiger charge is -2.34. The second-order valence-electron chi connectivity index (χ2n) is 8.73. The molecule has 1 aliphatic heterocycles. The number of piperazine rings is 1. The molecule has 9 heteroatoms. The van der Waals surface area contributed by atoms with E-state index >= 15 is 0 Å². The molecule has 34 heavy (non-hydrogen) atoms. The first-order valence-electron chi connectivity index (χ1n) is 11.5. The molecule has 8 nitrogen and oxygen atoms in total. The highest BCUT2D eigenvalue weighted by Gasteiger charge is 2.21. The van der Waals surface area contributed by atoms with Gasteiger partial charge in [0.1, 0.15) is 18.5 Å². The minimum atomic E-state index is -0.548. The molecule has 1 atom stereocenters. The maximum absolute atomic E-state index is 10.5. The Morgan fingerprint density at radius 1 is 1.06 bits per heavy atom. The molecule has 0 aliphatic carbocycles. The summed E-state index contributed by atoms with van der Waals surface area (Å²) in [6.45, 7) is 9.09. The smallest absolute Gasteiger partial charge is 0.258 e. The van der Waals surface area contributed by atoms with Crippen LogP contribution in [0.5, 0.6) is 5.75 Å². The van der Waals surface area contributed by atoms with Crippen LogP contribution in [0.2, 0.25) is 0 Å². The molecular weight excluding hydrogens is 450 g/mol. The third-order valence-corrected chi connectivity index (χ3v) is 7.00. The van der Waals surface area contributed by atoms with Gasteiger partial charge in [-0.1, -0.05) is 23.4 Å². The van der Waals surface area contributed by atoms with Crippen LogP contribution in [0.1, 0.15) is 16.4 Å². The Kier molecular flexibility index (Phi) is 6.87. The lowest BCUT2D eigenvalue weighted by molar-refractivity contribution is 0.0440. The SMILES string of the molecule is Cc1nc2cc(OC[C@H](O)CN3CCN(Cc4noc(-c5ccccc5C)n4)CC3)ccc2s1. The van der Waals surface area contributed by atoms with Gasteiger partial charge in [-0.2, -0.15) is 4.98 Å². The van der Waals surface area contributed by atoms with Crippen LogP contribution in [0.4, 0.5) is 0 Å². The van der Waals surface area contributed by atoms with E-state index in [1.807, 2.05) is 56.3 Å². The third kappa shape index (κ3) is 5.44. The van der Waals surface area contributed by atoms with Crippen LogP contribution in [0.3, 0.4) is 0 Å². The van der Waals surface area contributed by atoms with Crippen molar-refractivity contribution in [1.82, 2.24) is 24.9 Å². The lowest BCUT2D eigenvalue weighted by atomic mass is 10.1. The van der Waals surface area contributed by atoms with Crippen LogP contribution in [0, 0.1) is 13.8 Å². The summed E-state index contributed by atoms with van der Waals surface area (Å²) in [6.07, 6.45) is -0.548. The van der Waals surface area contributed by atoms with E-state index in [0.717, 1.165) is 58.3 Å². The number of benzene rings is 2. The van der Waals surface area contributed by atoms with Crippen molar-refractivity contribution in [3.8, 4) is 17.2 Å². The fourth-order valence-corrected chi connectivity index (χ4v) is 5.03. The van der Waals surface area contributed by atoms with E-state index in [-0.39, 0.29) is 6.61 Å². The monoisotopic (exact) mass is 479 g/mol. The summed E-state index contributed by atoms with van der Waals surface area (Å²) in [5.41, 5.74) is 3.04. The van der Waals surface area contributed by atoms with Gasteiger partial charge in [0.05, 0.1) is 21.8 Å². The van der Waals surface area contributed by atoms with E-state index in [1.54, 1.807) is 11.3 Å². The second kappa shape index (κ2) is 10.2. The first-order chi connectivity index (χ1) is 16.5. The van der Waals surface area contributed by atoms with Crippen molar-refractivity contribution in [2.45, 2.75) is 26.5 Å². The Bertz CT molecular complexity index is 1250. The number of nitrogens with zero attached hydrogens (tertiary/aromatic N) is 5. The van der Waals surface area contributed by atoms with Gasteiger partial charge in [-0.3, -0.25) is 9.80 Å². The number of hydrogen-bond donors (Lipinski definition) is 1. The molecule has 2 aromatic heterocycles. The summed E-state index contributed by atoms with van der Waals surface area (Å²) in [6, 6.07) is 13.9. The Hall–Kier alpha value is -2.85. The lowest BCUT2D eigenvalue weighted by Crippen LogP contribution is -2.48. The first-order valence-corrected chi connectivity index (χ1v) is 12.4. The Morgan fingerprint density at radius 2 is 1.85 bits per heavy atom. The van der Waals surface area contributed by atoms with Gasteiger partial charge >= 0.3 is 0 Å². The topological polar surface area (TPSA) is 87.8 Å². The summed E-state index contributed by atoms with van der Waals surface area (Å²) in [7, 11) is 0. The number of aliphatic hydroxyl groups excluding tert-OH is 1. The molecule has 1 aliphatic rings. The number of thiazole rings is 1. The van der Waals surface area contributed by atoms with Crippen molar-refractivity contribution in [3.05, 3.63) is 58.9 Å². The quantitative estimate of drug-likeness (QED) is 0.411. The average molecular weight is 480 g/mol. The molecule has 0 spiro atoms. The highest BCUT2D eigenvalue weighted by atomic mass is 32.1. The molecule has 4 aromatic rings. The molecule has 3 heterocycles. The largest absolute Gasteiger partial charge is 0.491 e.